The minimum atomic E-state index is -0.431. The number of rotatable bonds is 4. The summed E-state index contributed by atoms with van der Waals surface area (Å²) in [7, 11) is 0. The molecule has 3 rings (SSSR count). The molecule has 1 aliphatic carbocycles. The Morgan fingerprint density at radius 2 is 1.62 bits per heavy atom. The molecule has 0 spiro atoms. The molecule has 0 atom stereocenters. The number of hydrogen-bond donors (Lipinski definition) is 0. The van der Waals surface area contributed by atoms with E-state index < -0.39 is 5.97 Å². The highest BCUT2D eigenvalue weighted by Gasteiger charge is 2.19. The van der Waals surface area contributed by atoms with Crippen LogP contribution in [0.4, 0.5) is 0 Å². The summed E-state index contributed by atoms with van der Waals surface area (Å²) in [6.45, 7) is 0. The third-order valence-corrected chi connectivity index (χ3v) is 3.77. The maximum atomic E-state index is 12.0. The molecule has 1 aliphatic rings. The van der Waals surface area contributed by atoms with Gasteiger partial charge in [-0.3, -0.25) is 4.89 Å². The van der Waals surface area contributed by atoms with Crippen LogP contribution in [0.5, 0.6) is 0 Å². The fraction of sp³-hybridized carbons (Fsp3) is 0.278. The maximum Gasteiger partial charge on any atom is 0.373 e. The van der Waals surface area contributed by atoms with E-state index in [-0.39, 0.29) is 6.10 Å². The van der Waals surface area contributed by atoms with Gasteiger partial charge >= 0.3 is 5.97 Å². The van der Waals surface area contributed by atoms with Gasteiger partial charge in [0.05, 0.1) is 5.56 Å². The molecule has 0 bridgehead atoms. The molecule has 3 nitrogen and oxygen atoms in total. The highest BCUT2D eigenvalue weighted by Crippen LogP contribution is 2.23. The van der Waals surface area contributed by atoms with Crippen molar-refractivity contribution in [3.05, 3.63) is 60.2 Å². The molecule has 108 valence electrons. The third kappa shape index (κ3) is 3.50. The van der Waals surface area contributed by atoms with Crippen LogP contribution < -0.4 is 0 Å². The first-order valence-corrected chi connectivity index (χ1v) is 7.36. The lowest BCUT2D eigenvalue weighted by atomic mass is 10.0. The standard InChI is InChI=1S/C18H18O3/c19-18(21-20-17-11-4-5-12-17)16-10-6-9-15(13-16)14-7-2-1-3-8-14/h1-3,6-10,13,17H,4-5,11-12H2. The minimum Gasteiger partial charge on any atom is -0.293 e. The first-order valence-electron chi connectivity index (χ1n) is 7.36. The zero-order valence-electron chi connectivity index (χ0n) is 11.8. The lowest BCUT2D eigenvalue weighted by Crippen LogP contribution is -2.13. The number of carbonyl (C=O) groups is 1. The fourth-order valence-corrected chi connectivity index (χ4v) is 2.60. The van der Waals surface area contributed by atoms with Gasteiger partial charge in [0.1, 0.15) is 6.10 Å². The molecule has 0 unspecified atom stereocenters. The predicted molar refractivity (Wildman–Crippen MR) is 80.6 cm³/mol. The van der Waals surface area contributed by atoms with Gasteiger partial charge in [-0.25, -0.2) is 4.79 Å². The summed E-state index contributed by atoms with van der Waals surface area (Å²) >= 11 is 0. The van der Waals surface area contributed by atoms with Crippen LogP contribution in [0, 0.1) is 0 Å². The van der Waals surface area contributed by atoms with Crippen molar-refractivity contribution in [2.24, 2.45) is 0 Å². The van der Waals surface area contributed by atoms with Crippen LogP contribution in [-0.4, -0.2) is 12.1 Å². The Bertz CT molecular complexity index is 601. The molecule has 0 N–H and O–H groups in total. The number of hydrogen-bond acceptors (Lipinski definition) is 3. The molecule has 0 aliphatic heterocycles. The maximum absolute atomic E-state index is 12.0. The van der Waals surface area contributed by atoms with Gasteiger partial charge in [0.25, 0.3) is 0 Å². The Morgan fingerprint density at radius 3 is 2.38 bits per heavy atom. The summed E-state index contributed by atoms with van der Waals surface area (Å²) in [4.78, 5) is 22.2. The van der Waals surface area contributed by atoms with Crippen molar-refractivity contribution in [1.29, 1.82) is 0 Å². The summed E-state index contributed by atoms with van der Waals surface area (Å²) < 4.78 is 0. The molecule has 0 amide bonds. The van der Waals surface area contributed by atoms with E-state index in [0.29, 0.717) is 5.56 Å². The molecule has 0 aromatic heterocycles. The lowest BCUT2D eigenvalue weighted by Gasteiger charge is -2.09. The molecule has 2 aromatic rings. The van der Waals surface area contributed by atoms with E-state index in [4.69, 9.17) is 9.78 Å². The first-order chi connectivity index (χ1) is 10.3. The number of carbonyl (C=O) groups excluding carboxylic acids is 1. The SMILES string of the molecule is O=C(OOC1CCCC1)c1cccc(-c2ccccc2)c1. The van der Waals surface area contributed by atoms with Crippen molar-refractivity contribution in [1.82, 2.24) is 0 Å². The summed E-state index contributed by atoms with van der Waals surface area (Å²) in [5.41, 5.74) is 2.57. The largest absolute Gasteiger partial charge is 0.373 e. The van der Waals surface area contributed by atoms with Crippen LogP contribution in [0.3, 0.4) is 0 Å². The normalized spacial score (nSPS) is 15.0. The second kappa shape index (κ2) is 6.55. The van der Waals surface area contributed by atoms with Crippen molar-refractivity contribution >= 4 is 5.97 Å². The lowest BCUT2D eigenvalue weighted by molar-refractivity contribution is -0.272. The van der Waals surface area contributed by atoms with Crippen LogP contribution in [0.15, 0.2) is 54.6 Å². The summed E-state index contributed by atoms with van der Waals surface area (Å²) in [6, 6.07) is 17.4. The third-order valence-electron chi connectivity index (χ3n) is 3.77. The van der Waals surface area contributed by atoms with E-state index in [0.717, 1.165) is 36.8 Å². The molecular weight excluding hydrogens is 264 g/mol. The fourth-order valence-electron chi connectivity index (χ4n) is 2.60. The molecule has 2 aromatic carbocycles. The van der Waals surface area contributed by atoms with Gasteiger partial charge in [-0.2, -0.15) is 4.89 Å². The van der Waals surface area contributed by atoms with Crippen molar-refractivity contribution in [2.75, 3.05) is 0 Å². The van der Waals surface area contributed by atoms with Crippen molar-refractivity contribution in [3.63, 3.8) is 0 Å². The minimum absolute atomic E-state index is 0.0613. The van der Waals surface area contributed by atoms with Gasteiger partial charge in [0, 0.05) is 0 Å². The van der Waals surface area contributed by atoms with E-state index >= 15 is 0 Å². The molecule has 0 radical (unpaired) electrons. The molecule has 0 saturated heterocycles. The van der Waals surface area contributed by atoms with Gasteiger partial charge in [-0.1, -0.05) is 55.3 Å². The number of benzene rings is 2. The van der Waals surface area contributed by atoms with Crippen LogP contribution >= 0.6 is 0 Å². The molecule has 1 saturated carbocycles. The second-order valence-electron chi connectivity index (χ2n) is 5.32. The van der Waals surface area contributed by atoms with E-state index in [2.05, 4.69) is 0 Å². The highest BCUT2D eigenvalue weighted by atomic mass is 17.2. The zero-order chi connectivity index (χ0) is 14.5. The molecular formula is C18H18O3. The Balaban J connectivity index is 1.69. The average molecular weight is 282 g/mol. The Hall–Kier alpha value is -2.13. The average Bonchev–Trinajstić information content (AvgIpc) is 3.07. The Morgan fingerprint density at radius 1 is 0.905 bits per heavy atom. The van der Waals surface area contributed by atoms with E-state index in [1.807, 2.05) is 48.5 Å². The van der Waals surface area contributed by atoms with Gasteiger partial charge in [0.15, 0.2) is 0 Å². The molecule has 21 heavy (non-hydrogen) atoms. The van der Waals surface area contributed by atoms with Gasteiger partial charge in [-0.05, 0) is 36.1 Å². The molecule has 3 heteroatoms. The quantitative estimate of drug-likeness (QED) is 0.616. The Kier molecular flexibility index (Phi) is 4.31. The van der Waals surface area contributed by atoms with Crippen molar-refractivity contribution in [3.8, 4) is 11.1 Å². The Labute approximate surface area is 124 Å². The highest BCUT2D eigenvalue weighted by molar-refractivity contribution is 5.90. The van der Waals surface area contributed by atoms with Crippen LogP contribution in [0.2, 0.25) is 0 Å². The molecule has 1 fully saturated rings. The van der Waals surface area contributed by atoms with Crippen molar-refractivity contribution in [2.45, 2.75) is 31.8 Å². The van der Waals surface area contributed by atoms with Crippen LogP contribution in [0.1, 0.15) is 36.0 Å². The monoisotopic (exact) mass is 282 g/mol. The van der Waals surface area contributed by atoms with E-state index in [9.17, 15) is 4.79 Å². The predicted octanol–water partition coefficient (Wildman–Crippen LogP) is 4.38. The van der Waals surface area contributed by atoms with Crippen LogP contribution in [-0.2, 0) is 9.78 Å². The van der Waals surface area contributed by atoms with Crippen molar-refractivity contribution < 1.29 is 14.6 Å². The van der Waals surface area contributed by atoms with Gasteiger partial charge in [0.2, 0.25) is 0 Å². The summed E-state index contributed by atoms with van der Waals surface area (Å²) in [6.07, 6.45) is 4.29. The summed E-state index contributed by atoms with van der Waals surface area (Å²) in [5.74, 6) is -0.431. The van der Waals surface area contributed by atoms with Gasteiger partial charge in [-0.15, -0.1) is 0 Å². The van der Waals surface area contributed by atoms with E-state index in [1.165, 1.54) is 0 Å². The van der Waals surface area contributed by atoms with E-state index in [1.54, 1.807) is 6.07 Å². The van der Waals surface area contributed by atoms with Gasteiger partial charge < -0.3 is 0 Å². The van der Waals surface area contributed by atoms with Crippen LogP contribution in [0.25, 0.3) is 11.1 Å². The summed E-state index contributed by atoms with van der Waals surface area (Å²) in [5, 5.41) is 0. The molecule has 0 heterocycles. The topological polar surface area (TPSA) is 35.5 Å². The zero-order valence-corrected chi connectivity index (χ0v) is 11.8. The second-order valence-corrected chi connectivity index (χ2v) is 5.32. The first kappa shape index (κ1) is 13.8. The smallest absolute Gasteiger partial charge is 0.293 e.